The lowest BCUT2D eigenvalue weighted by Crippen LogP contribution is -2.25. The van der Waals surface area contributed by atoms with Crippen molar-refractivity contribution in [3.05, 3.63) is 76.3 Å². The Kier molecular flexibility index (Phi) is 6.61. The van der Waals surface area contributed by atoms with Crippen molar-refractivity contribution in [2.24, 2.45) is 0 Å². The van der Waals surface area contributed by atoms with Crippen molar-refractivity contribution in [1.29, 1.82) is 0 Å². The van der Waals surface area contributed by atoms with Crippen LogP contribution in [0.5, 0.6) is 0 Å². The fourth-order valence-corrected chi connectivity index (χ4v) is 3.52. The van der Waals surface area contributed by atoms with Gasteiger partial charge in [0, 0.05) is 28.7 Å². The van der Waals surface area contributed by atoms with Crippen molar-refractivity contribution in [1.82, 2.24) is 10.0 Å². The number of carbonyl (C=O) groups is 1. The van der Waals surface area contributed by atoms with Crippen molar-refractivity contribution in [3.8, 4) is 0 Å². The van der Waals surface area contributed by atoms with Gasteiger partial charge in [-0.15, -0.1) is 6.58 Å². The molecule has 2 rings (SSSR count). The number of carbonyl (C=O) groups excluding carboxylic acids is 1. The van der Waals surface area contributed by atoms with Gasteiger partial charge in [0.15, 0.2) is 0 Å². The predicted octanol–water partition coefficient (Wildman–Crippen LogP) is 3.39. The molecule has 0 heterocycles. The Morgan fingerprint density at radius 2 is 1.92 bits per heavy atom. The molecule has 0 saturated carbocycles. The SMILES string of the molecule is C=CCNS(=O)(=O)c1cccc(C(=O)NCc2ccc(Cl)cc2Cl)c1. The second kappa shape index (κ2) is 8.49. The molecular formula is C17H16Cl2N2O3S. The Morgan fingerprint density at radius 3 is 2.60 bits per heavy atom. The molecule has 8 heteroatoms. The van der Waals surface area contributed by atoms with Crippen LogP contribution in [0.1, 0.15) is 15.9 Å². The van der Waals surface area contributed by atoms with Crippen molar-refractivity contribution < 1.29 is 13.2 Å². The number of halogens is 2. The summed E-state index contributed by atoms with van der Waals surface area (Å²) in [5.74, 6) is -0.410. The molecule has 0 aromatic heterocycles. The van der Waals surface area contributed by atoms with Gasteiger partial charge < -0.3 is 5.32 Å². The molecule has 0 aliphatic carbocycles. The summed E-state index contributed by atoms with van der Waals surface area (Å²) < 4.78 is 26.6. The molecule has 0 aliphatic heterocycles. The van der Waals surface area contributed by atoms with Crippen LogP contribution >= 0.6 is 23.2 Å². The van der Waals surface area contributed by atoms with Gasteiger partial charge in [-0.3, -0.25) is 4.79 Å². The molecule has 0 bridgehead atoms. The lowest BCUT2D eigenvalue weighted by Gasteiger charge is -2.09. The monoisotopic (exact) mass is 398 g/mol. The fraction of sp³-hybridized carbons (Fsp3) is 0.118. The maximum atomic E-state index is 12.3. The summed E-state index contributed by atoms with van der Waals surface area (Å²) in [7, 11) is -3.69. The van der Waals surface area contributed by atoms with E-state index in [4.69, 9.17) is 23.2 Å². The summed E-state index contributed by atoms with van der Waals surface area (Å²) in [6, 6.07) is 10.7. The Bertz CT molecular complexity index is 899. The predicted molar refractivity (Wildman–Crippen MR) is 99.5 cm³/mol. The van der Waals surface area contributed by atoms with E-state index in [2.05, 4.69) is 16.6 Å². The number of amides is 1. The molecule has 0 aliphatic rings. The van der Waals surface area contributed by atoms with Gasteiger partial charge in [-0.25, -0.2) is 13.1 Å². The molecule has 1 amide bonds. The largest absolute Gasteiger partial charge is 0.348 e. The van der Waals surface area contributed by atoms with Crippen LogP contribution in [0.15, 0.2) is 60.0 Å². The third kappa shape index (κ3) is 5.31. The smallest absolute Gasteiger partial charge is 0.251 e. The van der Waals surface area contributed by atoms with Crippen LogP contribution in [-0.2, 0) is 16.6 Å². The first-order valence-corrected chi connectivity index (χ1v) is 9.50. The lowest BCUT2D eigenvalue weighted by molar-refractivity contribution is 0.0950. The third-order valence-electron chi connectivity index (χ3n) is 3.28. The van der Waals surface area contributed by atoms with Gasteiger partial charge in [0.2, 0.25) is 10.0 Å². The topological polar surface area (TPSA) is 75.3 Å². The van der Waals surface area contributed by atoms with Crippen molar-refractivity contribution in [3.63, 3.8) is 0 Å². The standard InChI is InChI=1S/C17H16Cl2N2O3S/c1-2-8-21-25(23,24)15-5-3-4-12(9-15)17(22)20-11-13-6-7-14(18)10-16(13)19/h2-7,9-10,21H,1,8,11H2,(H,20,22). The van der Waals surface area contributed by atoms with Gasteiger partial charge in [-0.2, -0.15) is 0 Å². The summed E-state index contributed by atoms with van der Waals surface area (Å²) in [4.78, 5) is 12.3. The molecule has 0 radical (unpaired) electrons. The van der Waals surface area contributed by atoms with Crippen molar-refractivity contribution >= 4 is 39.1 Å². The molecular weight excluding hydrogens is 383 g/mol. The zero-order valence-corrected chi connectivity index (χ0v) is 15.5. The molecule has 132 valence electrons. The first-order chi connectivity index (χ1) is 11.8. The first kappa shape index (κ1) is 19.5. The van der Waals surface area contributed by atoms with Crippen molar-refractivity contribution in [2.45, 2.75) is 11.4 Å². The highest BCUT2D eigenvalue weighted by Gasteiger charge is 2.15. The highest BCUT2D eigenvalue weighted by atomic mass is 35.5. The van der Waals surface area contributed by atoms with Gasteiger partial charge in [0.25, 0.3) is 5.91 Å². The number of hydrogen-bond donors (Lipinski definition) is 2. The van der Waals surface area contributed by atoms with E-state index in [9.17, 15) is 13.2 Å². The minimum absolute atomic E-state index is 0.00604. The van der Waals surface area contributed by atoms with E-state index in [0.717, 1.165) is 0 Å². The number of benzene rings is 2. The quantitative estimate of drug-likeness (QED) is 0.701. The van der Waals surface area contributed by atoms with E-state index < -0.39 is 15.9 Å². The van der Waals surface area contributed by atoms with Gasteiger partial charge >= 0.3 is 0 Å². The average Bonchev–Trinajstić information content (AvgIpc) is 2.59. The number of sulfonamides is 1. The van der Waals surface area contributed by atoms with Gasteiger partial charge in [0.1, 0.15) is 0 Å². The minimum atomic E-state index is -3.69. The van der Waals surface area contributed by atoms with E-state index in [1.807, 2.05) is 0 Å². The second-order valence-corrected chi connectivity index (χ2v) is 7.70. The van der Waals surface area contributed by atoms with E-state index in [-0.39, 0.29) is 23.5 Å². The molecule has 5 nitrogen and oxygen atoms in total. The van der Waals surface area contributed by atoms with E-state index in [1.54, 1.807) is 18.2 Å². The molecule has 25 heavy (non-hydrogen) atoms. The van der Waals surface area contributed by atoms with Crippen LogP contribution < -0.4 is 10.0 Å². The zero-order chi connectivity index (χ0) is 18.4. The zero-order valence-electron chi connectivity index (χ0n) is 13.1. The van der Waals surface area contributed by atoms with Crippen LogP contribution in [0.2, 0.25) is 10.0 Å². The normalized spacial score (nSPS) is 11.1. The van der Waals surface area contributed by atoms with Gasteiger partial charge in [-0.1, -0.05) is 41.4 Å². The van der Waals surface area contributed by atoms with E-state index in [0.29, 0.717) is 15.6 Å². The Labute approximate surface area is 156 Å². The molecule has 0 saturated heterocycles. The van der Waals surface area contributed by atoms with Crippen LogP contribution in [-0.4, -0.2) is 20.9 Å². The maximum absolute atomic E-state index is 12.3. The molecule has 2 N–H and O–H groups in total. The molecule has 0 atom stereocenters. The van der Waals surface area contributed by atoms with Crippen LogP contribution in [0.3, 0.4) is 0 Å². The molecule has 0 spiro atoms. The molecule has 0 fully saturated rings. The molecule has 2 aromatic carbocycles. The van der Waals surface area contributed by atoms with Crippen LogP contribution in [0.4, 0.5) is 0 Å². The van der Waals surface area contributed by atoms with Crippen LogP contribution in [0, 0.1) is 0 Å². The average molecular weight is 399 g/mol. The summed E-state index contributed by atoms with van der Waals surface area (Å²) in [5.41, 5.74) is 0.933. The first-order valence-electron chi connectivity index (χ1n) is 7.26. The number of nitrogens with one attached hydrogen (secondary N) is 2. The highest BCUT2D eigenvalue weighted by molar-refractivity contribution is 7.89. The van der Waals surface area contributed by atoms with Gasteiger partial charge in [0.05, 0.1) is 4.90 Å². The summed E-state index contributed by atoms with van der Waals surface area (Å²) in [5, 5.41) is 3.65. The van der Waals surface area contributed by atoms with Crippen LogP contribution in [0.25, 0.3) is 0 Å². The van der Waals surface area contributed by atoms with Crippen molar-refractivity contribution in [2.75, 3.05) is 6.54 Å². The second-order valence-electron chi connectivity index (χ2n) is 5.09. The highest BCUT2D eigenvalue weighted by Crippen LogP contribution is 2.21. The lowest BCUT2D eigenvalue weighted by atomic mass is 10.2. The fourth-order valence-electron chi connectivity index (χ4n) is 2.00. The van der Waals surface area contributed by atoms with E-state index >= 15 is 0 Å². The summed E-state index contributed by atoms with van der Waals surface area (Å²) in [6.45, 7) is 3.76. The Morgan fingerprint density at radius 1 is 1.16 bits per heavy atom. The van der Waals surface area contributed by atoms with E-state index in [1.165, 1.54) is 30.3 Å². The molecule has 0 unspecified atom stereocenters. The number of hydrogen-bond acceptors (Lipinski definition) is 3. The third-order valence-corrected chi connectivity index (χ3v) is 5.29. The Hall–Kier alpha value is -1.86. The summed E-state index contributed by atoms with van der Waals surface area (Å²) in [6.07, 6.45) is 1.43. The number of rotatable bonds is 7. The molecule has 2 aromatic rings. The minimum Gasteiger partial charge on any atom is -0.348 e. The van der Waals surface area contributed by atoms with Gasteiger partial charge in [-0.05, 0) is 35.9 Å². The Balaban J connectivity index is 2.12. The maximum Gasteiger partial charge on any atom is 0.251 e. The summed E-state index contributed by atoms with van der Waals surface area (Å²) >= 11 is 11.9.